The van der Waals surface area contributed by atoms with Gasteiger partial charge in [0.05, 0.1) is 7.11 Å². The topological polar surface area (TPSA) is 44.5 Å². The summed E-state index contributed by atoms with van der Waals surface area (Å²) in [5.41, 5.74) is 7.28. The highest BCUT2D eigenvalue weighted by molar-refractivity contribution is 5.44. The van der Waals surface area contributed by atoms with Crippen LogP contribution in [0.5, 0.6) is 11.5 Å². The Morgan fingerprint density at radius 3 is 2.89 bits per heavy atom. The van der Waals surface area contributed by atoms with Crippen molar-refractivity contribution in [3.8, 4) is 11.5 Å². The minimum Gasteiger partial charge on any atom is -0.497 e. The van der Waals surface area contributed by atoms with E-state index >= 15 is 0 Å². The molecule has 0 amide bonds. The summed E-state index contributed by atoms with van der Waals surface area (Å²) in [6.07, 6.45) is 4.73. The van der Waals surface area contributed by atoms with Crippen molar-refractivity contribution in [1.82, 2.24) is 0 Å². The van der Waals surface area contributed by atoms with Crippen LogP contribution in [-0.4, -0.2) is 12.7 Å². The second kappa shape index (κ2) is 4.16. The Labute approximate surface area is 108 Å². The van der Waals surface area contributed by atoms with Gasteiger partial charge in [-0.25, -0.2) is 0 Å². The number of benzene rings is 1. The third-order valence-corrected chi connectivity index (χ3v) is 4.04. The van der Waals surface area contributed by atoms with E-state index in [1.54, 1.807) is 7.11 Å². The zero-order valence-electron chi connectivity index (χ0n) is 11.1. The Morgan fingerprint density at radius 1 is 1.44 bits per heavy atom. The molecule has 3 nitrogen and oxygen atoms in total. The predicted molar refractivity (Wildman–Crippen MR) is 70.9 cm³/mol. The summed E-state index contributed by atoms with van der Waals surface area (Å²) < 4.78 is 11.4. The molecule has 18 heavy (non-hydrogen) atoms. The molecular formula is C15H21NO2. The molecule has 1 heterocycles. The highest BCUT2D eigenvalue weighted by atomic mass is 16.5. The number of fused-ring (bicyclic) bond motifs is 1. The minimum atomic E-state index is -0.0951. The van der Waals surface area contributed by atoms with Crippen molar-refractivity contribution in [2.75, 3.05) is 7.11 Å². The molecule has 0 radical (unpaired) electrons. The molecule has 0 saturated heterocycles. The molecule has 1 aliphatic carbocycles. The standard InChI is InChI=1S/C15H21NO2/c1-15(8-10-3-4-10)9-13(16)12-7-11(17-2)5-6-14(12)18-15/h5-7,10,13H,3-4,8-9,16H2,1-2H3/t13-,15?/m1/s1. The van der Waals surface area contributed by atoms with Crippen molar-refractivity contribution in [3.63, 3.8) is 0 Å². The third kappa shape index (κ3) is 2.19. The van der Waals surface area contributed by atoms with Crippen LogP contribution in [0.15, 0.2) is 18.2 Å². The van der Waals surface area contributed by atoms with Gasteiger partial charge < -0.3 is 15.2 Å². The summed E-state index contributed by atoms with van der Waals surface area (Å²) in [4.78, 5) is 0. The molecular weight excluding hydrogens is 226 g/mol. The van der Waals surface area contributed by atoms with E-state index < -0.39 is 0 Å². The summed E-state index contributed by atoms with van der Waals surface area (Å²) in [5.74, 6) is 2.62. The monoisotopic (exact) mass is 247 g/mol. The molecule has 2 atom stereocenters. The Hall–Kier alpha value is -1.22. The average molecular weight is 247 g/mol. The largest absolute Gasteiger partial charge is 0.497 e. The number of rotatable bonds is 3. The highest BCUT2D eigenvalue weighted by Gasteiger charge is 2.40. The summed E-state index contributed by atoms with van der Waals surface area (Å²) in [7, 11) is 1.67. The first-order valence-corrected chi connectivity index (χ1v) is 6.72. The lowest BCUT2D eigenvalue weighted by Crippen LogP contribution is -2.40. The quantitative estimate of drug-likeness (QED) is 0.893. The predicted octanol–water partition coefficient (Wildman–Crippen LogP) is 3.04. The third-order valence-electron chi connectivity index (χ3n) is 4.04. The van der Waals surface area contributed by atoms with Crippen molar-refractivity contribution in [2.24, 2.45) is 11.7 Å². The first kappa shape index (κ1) is 11.8. The fourth-order valence-corrected chi connectivity index (χ4v) is 2.98. The number of hydrogen-bond acceptors (Lipinski definition) is 3. The van der Waals surface area contributed by atoms with Crippen LogP contribution in [0.25, 0.3) is 0 Å². The van der Waals surface area contributed by atoms with Gasteiger partial charge in [0.2, 0.25) is 0 Å². The molecule has 0 aromatic heterocycles. The number of methoxy groups -OCH3 is 1. The summed E-state index contributed by atoms with van der Waals surface area (Å²) in [6.45, 7) is 2.19. The molecule has 1 aliphatic heterocycles. The molecule has 1 unspecified atom stereocenters. The van der Waals surface area contributed by atoms with Crippen molar-refractivity contribution in [3.05, 3.63) is 23.8 Å². The maximum Gasteiger partial charge on any atom is 0.125 e. The molecule has 0 spiro atoms. The average Bonchev–Trinajstić information content (AvgIpc) is 3.12. The number of hydrogen-bond donors (Lipinski definition) is 1. The van der Waals surface area contributed by atoms with Crippen molar-refractivity contribution >= 4 is 0 Å². The number of ether oxygens (including phenoxy) is 2. The van der Waals surface area contributed by atoms with Gasteiger partial charge in [0.25, 0.3) is 0 Å². The van der Waals surface area contributed by atoms with Crippen molar-refractivity contribution in [2.45, 2.75) is 44.2 Å². The minimum absolute atomic E-state index is 0.0487. The molecule has 1 fully saturated rings. The zero-order chi connectivity index (χ0) is 12.8. The molecule has 3 rings (SSSR count). The maximum atomic E-state index is 6.31. The molecule has 1 aromatic rings. The number of nitrogens with two attached hydrogens (primary N) is 1. The fraction of sp³-hybridized carbons (Fsp3) is 0.600. The second-order valence-corrected chi connectivity index (χ2v) is 5.91. The van der Waals surface area contributed by atoms with Gasteiger partial charge in [0.15, 0.2) is 0 Å². The summed E-state index contributed by atoms with van der Waals surface area (Å²) >= 11 is 0. The van der Waals surface area contributed by atoms with Crippen LogP contribution in [0, 0.1) is 5.92 Å². The Kier molecular flexibility index (Phi) is 2.74. The Morgan fingerprint density at radius 2 is 2.22 bits per heavy atom. The van der Waals surface area contributed by atoms with Crippen molar-refractivity contribution in [1.29, 1.82) is 0 Å². The van der Waals surface area contributed by atoms with Gasteiger partial charge in [-0.1, -0.05) is 12.8 Å². The van der Waals surface area contributed by atoms with Crippen LogP contribution in [0.2, 0.25) is 0 Å². The molecule has 1 saturated carbocycles. The molecule has 2 aliphatic rings. The van der Waals surface area contributed by atoms with E-state index in [-0.39, 0.29) is 11.6 Å². The van der Waals surface area contributed by atoms with E-state index in [9.17, 15) is 0 Å². The Bertz CT molecular complexity index is 456. The van der Waals surface area contributed by atoms with E-state index in [1.165, 1.54) is 12.8 Å². The molecule has 3 heteroatoms. The van der Waals surface area contributed by atoms with Gasteiger partial charge >= 0.3 is 0 Å². The van der Waals surface area contributed by atoms with Gasteiger partial charge in [-0.2, -0.15) is 0 Å². The van der Waals surface area contributed by atoms with E-state index in [1.807, 2.05) is 18.2 Å². The maximum absolute atomic E-state index is 6.31. The zero-order valence-corrected chi connectivity index (χ0v) is 11.1. The van der Waals surface area contributed by atoms with E-state index in [0.717, 1.165) is 35.8 Å². The molecule has 2 N–H and O–H groups in total. The molecule has 1 aromatic carbocycles. The van der Waals surface area contributed by atoms with Crippen LogP contribution in [0.1, 0.15) is 44.2 Å². The van der Waals surface area contributed by atoms with E-state index in [4.69, 9.17) is 15.2 Å². The van der Waals surface area contributed by atoms with Crippen LogP contribution in [0.3, 0.4) is 0 Å². The molecule has 0 bridgehead atoms. The van der Waals surface area contributed by atoms with Gasteiger partial charge in [0.1, 0.15) is 17.1 Å². The van der Waals surface area contributed by atoms with E-state index in [2.05, 4.69) is 6.92 Å². The van der Waals surface area contributed by atoms with Gasteiger partial charge in [-0.3, -0.25) is 0 Å². The normalized spacial score (nSPS) is 30.5. The lowest BCUT2D eigenvalue weighted by molar-refractivity contribution is 0.0401. The van der Waals surface area contributed by atoms with Crippen LogP contribution in [0.4, 0.5) is 0 Å². The highest BCUT2D eigenvalue weighted by Crippen LogP contribution is 2.46. The lowest BCUT2D eigenvalue weighted by atomic mass is 9.85. The van der Waals surface area contributed by atoms with Crippen LogP contribution >= 0.6 is 0 Å². The second-order valence-electron chi connectivity index (χ2n) is 5.91. The SMILES string of the molecule is COc1ccc2c(c1)[C@H](N)CC(C)(CC1CC1)O2. The van der Waals surface area contributed by atoms with Gasteiger partial charge in [-0.05, 0) is 37.5 Å². The first-order valence-electron chi connectivity index (χ1n) is 6.72. The lowest BCUT2D eigenvalue weighted by Gasteiger charge is -2.39. The van der Waals surface area contributed by atoms with Crippen LogP contribution < -0.4 is 15.2 Å². The molecule has 98 valence electrons. The smallest absolute Gasteiger partial charge is 0.125 e. The first-order chi connectivity index (χ1) is 8.59. The van der Waals surface area contributed by atoms with Crippen LogP contribution in [-0.2, 0) is 0 Å². The fourth-order valence-electron chi connectivity index (χ4n) is 2.98. The van der Waals surface area contributed by atoms with Gasteiger partial charge in [0, 0.05) is 18.0 Å². The van der Waals surface area contributed by atoms with Crippen molar-refractivity contribution < 1.29 is 9.47 Å². The summed E-state index contributed by atoms with van der Waals surface area (Å²) in [5, 5.41) is 0. The van der Waals surface area contributed by atoms with Gasteiger partial charge in [-0.15, -0.1) is 0 Å². The van der Waals surface area contributed by atoms with E-state index in [0.29, 0.717) is 0 Å². The Balaban J connectivity index is 1.87. The summed E-state index contributed by atoms with van der Waals surface area (Å²) in [6, 6.07) is 5.97.